The fraction of sp³-hybridized carbons (Fsp3) is 0.963. The molecule has 7 nitrogen and oxygen atoms in total. The van der Waals surface area contributed by atoms with Crippen LogP contribution in [-0.4, -0.2) is 104 Å². The van der Waals surface area contributed by atoms with E-state index in [0.717, 1.165) is 59.7 Å². The lowest BCUT2D eigenvalue weighted by Gasteiger charge is -2.49. The molecule has 11 heteroatoms. The van der Waals surface area contributed by atoms with Crippen LogP contribution in [0.25, 0.3) is 0 Å². The second-order valence-electron chi connectivity index (χ2n) is 11.3. The van der Waals surface area contributed by atoms with Gasteiger partial charge < -0.3 is 28.5 Å². The van der Waals surface area contributed by atoms with Crippen LogP contribution in [0.1, 0.15) is 33.6 Å². The standard InChI is InChI=1S/C27H46O7S3Si/c1-4-38(5-2,6-3)34-25(22-18-36-14-8-27(22)32-11-12-33-27)20-16-37-15-19(23(20)28)24(29)21-17-35-13-7-26(21)30-9-10-31-26/h19-22,24-25,29H,4-18H2,1-3H3/t19-,20-,21+,22+,24-,25-/m1/s1. The number of carbonyl (C=O) groups excluding carboxylic acids is 1. The predicted molar refractivity (Wildman–Crippen MR) is 158 cm³/mol. The lowest BCUT2D eigenvalue weighted by atomic mass is 9.76. The highest BCUT2D eigenvalue weighted by atomic mass is 32.2. The normalized spacial score (nSPS) is 35.1. The third-order valence-electron chi connectivity index (χ3n) is 9.73. The van der Waals surface area contributed by atoms with Gasteiger partial charge in [0, 0.05) is 47.7 Å². The second kappa shape index (κ2) is 12.9. The smallest absolute Gasteiger partial charge is 0.192 e. The molecule has 5 aliphatic rings. The van der Waals surface area contributed by atoms with E-state index in [9.17, 15) is 9.90 Å². The van der Waals surface area contributed by atoms with Crippen molar-refractivity contribution in [3.05, 3.63) is 0 Å². The first-order valence-electron chi connectivity index (χ1n) is 14.6. The Morgan fingerprint density at radius 2 is 1.32 bits per heavy atom. The van der Waals surface area contributed by atoms with Crippen molar-refractivity contribution in [3.8, 4) is 0 Å². The second-order valence-corrected chi connectivity index (χ2v) is 19.4. The van der Waals surface area contributed by atoms with Gasteiger partial charge in [0.15, 0.2) is 19.9 Å². The number of aliphatic hydroxyl groups is 1. The van der Waals surface area contributed by atoms with Crippen molar-refractivity contribution in [2.45, 2.75) is 75.5 Å². The summed E-state index contributed by atoms with van der Waals surface area (Å²) in [6.07, 6.45) is 0.550. The molecule has 1 N–H and O–H groups in total. The number of ketones is 1. The highest BCUT2D eigenvalue weighted by Crippen LogP contribution is 2.48. The minimum absolute atomic E-state index is 0.00351. The summed E-state index contributed by atoms with van der Waals surface area (Å²) in [6.45, 7) is 9.05. The molecular formula is C27H46O7S3Si. The molecule has 0 radical (unpaired) electrons. The average molecular weight is 607 g/mol. The number of aliphatic hydroxyl groups excluding tert-OH is 1. The fourth-order valence-electron chi connectivity index (χ4n) is 7.13. The maximum Gasteiger partial charge on any atom is 0.192 e. The van der Waals surface area contributed by atoms with Gasteiger partial charge in [0.25, 0.3) is 0 Å². The first-order valence-corrected chi connectivity index (χ1v) is 20.6. The van der Waals surface area contributed by atoms with Gasteiger partial charge in [0.1, 0.15) is 5.78 Å². The zero-order chi connectivity index (χ0) is 26.8. The topological polar surface area (TPSA) is 83.5 Å². The predicted octanol–water partition coefficient (Wildman–Crippen LogP) is 4.28. The Hall–Kier alpha value is 0.697. The van der Waals surface area contributed by atoms with Crippen LogP contribution in [-0.2, 0) is 28.2 Å². The Bertz CT molecular complexity index is 795. The van der Waals surface area contributed by atoms with Crippen molar-refractivity contribution >= 4 is 49.4 Å². The van der Waals surface area contributed by atoms with Gasteiger partial charge in [-0.1, -0.05) is 20.8 Å². The molecule has 0 aliphatic carbocycles. The molecule has 2 spiro atoms. The van der Waals surface area contributed by atoms with E-state index in [1.807, 2.05) is 23.5 Å². The Kier molecular flexibility index (Phi) is 10.3. The molecule has 0 amide bonds. The molecule has 5 aliphatic heterocycles. The van der Waals surface area contributed by atoms with Crippen LogP contribution in [0, 0.1) is 23.7 Å². The van der Waals surface area contributed by atoms with E-state index in [1.165, 1.54) is 0 Å². The van der Waals surface area contributed by atoms with E-state index in [4.69, 9.17) is 23.4 Å². The van der Waals surface area contributed by atoms with Gasteiger partial charge in [-0.25, -0.2) is 0 Å². The van der Waals surface area contributed by atoms with Gasteiger partial charge in [0.05, 0.1) is 50.5 Å². The zero-order valence-corrected chi connectivity index (χ0v) is 26.6. The van der Waals surface area contributed by atoms with Crippen molar-refractivity contribution in [1.82, 2.24) is 0 Å². The quantitative estimate of drug-likeness (QED) is 0.384. The number of ether oxygens (including phenoxy) is 4. The third-order valence-corrected chi connectivity index (χ3v) is 17.7. The first kappa shape index (κ1) is 30.2. The van der Waals surface area contributed by atoms with E-state index in [0.29, 0.717) is 32.2 Å². The van der Waals surface area contributed by atoms with Crippen LogP contribution in [0.4, 0.5) is 0 Å². The van der Waals surface area contributed by atoms with Gasteiger partial charge in [-0.2, -0.15) is 35.3 Å². The number of rotatable bonds is 9. The summed E-state index contributed by atoms with van der Waals surface area (Å²) >= 11 is 5.53. The van der Waals surface area contributed by atoms with Crippen LogP contribution in [0.15, 0.2) is 0 Å². The minimum atomic E-state index is -2.04. The maximum absolute atomic E-state index is 14.4. The maximum atomic E-state index is 14.4. The highest BCUT2D eigenvalue weighted by Gasteiger charge is 2.57. The Labute approximate surface area is 242 Å². The molecular weight excluding hydrogens is 561 g/mol. The van der Waals surface area contributed by atoms with Crippen molar-refractivity contribution in [1.29, 1.82) is 0 Å². The summed E-state index contributed by atoms with van der Waals surface area (Å²) in [5.41, 5.74) is 0. The molecule has 5 rings (SSSR count). The molecule has 6 atom stereocenters. The summed E-state index contributed by atoms with van der Waals surface area (Å²) in [6, 6.07) is 3.09. The highest BCUT2D eigenvalue weighted by molar-refractivity contribution is 7.99. The van der Waals surface area contributed by atoms with Gasteiger partial charge in [-0.05, 0) is 29.6 Å². The summed E-state index contributed by atoms with van der Waals surface area (Å²) in [5, 5.41) is 11.8. The van der Waals surface area contributed by atoms with Crippen LogP contribution < -0.4 is 0 Å². The van der Waals surface area contributed by atoms with Crippen molar-refractivity contribution in [3.63, 3.8) is 0 Å². The number of Topliss-reactive ketones (excluding diaryl/α,β-unsaturated/α-hetero) is 1. The third kappa shape index (κ3) is 5.68. The Balaban J connectivity index is 1.44. The van der Waals surface area contributed by atoms with Crippen LogP contribution in [0.2, 0.25) is 18.1 Å². The minimum Gasteiger partial charge on any atom is -0.413 e. The Morgan fingerprint density at radius 1 is 0.816 bits per heavy atom. The lowest BCUT2D eigenvalue weighted by Crippen LogP contribution is -2.60. The Morgan fingerprint density at radius 3 is 1.87 bits per heavy atom. The van der Waals surface area contributed by atoms with E-state index in [1.54, 1.807) is 11.8 Å². The van der Waals surface area contributed by atoms with E-state index in [2.05, 4.69) is 20.8 Å². The van der Waals surface area contributed by atoms with Gasteiger partial charge in [-0.3, -0.25) is 4.79 Å². The number of hydrogen-bond donors (Lipinski definition) is 1. The number of thioether (sulfide) groups is 3. The molecule has 5 fully saturated rings. The fourth-order valence-corrected chi connectivity index (χ4v) is 14.0. The van der Waals surface area contributed by atoms with Crippen LogP contribution >= 0.6 is 35.3 Å². The number of carbonyl (C=O) groups is 1. The molecule has 0 unspecified atom stereocenters. The zero-order valence-electron chi connectivity index (χ0n) is 23.2. The van der Waals surface area contributed by atoms with Crippen LogP contribution in [0.5, 0.6) is 0 Å². The summed E-state index contributed by atoms with van der Waals surface area (Å²) in [4.78, 5) is 14.4. The molecule has 5 saturated heterocycles. The molecule has 218 valence electrons. The van der Waals surface area contributed by atoms with Crippen molar-refractivity contribution < 1.29 is 33.3 Å². The summed E-state index contributed by atoms with van der Waals surface area (Å²) in [5.74, 6) is 2.76. The molecule has 0 aromatic heterocycles. The average Bonchev–Trinajstić information content (AvgIpc) is 3.61. The summed E-state index contributed by atoms with van der Waals surface area (Å²) in [7, 11) is -2.04. The molecule has 0 bridgehead atoms. The van der Waals surface area contributed by atoms with E-state index < -0.39 is 31.9 Å². The van der Waals surface area contributed by atoms with E-state index >= 15 is 0 Å². The molecule has 38 heavy (non-hydrogen) atoms. The van der Waals surface area contributed by atoms with Crippen LogP contribution in [0.3, 0.4) is 0 Å². The first-order chi connectivity index (χ1) is 18.4. The lowest BCUT2D eigenvalue weighted by molar-refractivity contribution is -0.220. The van der Waals surface area contributed by atoms with Crippen molar-refractivity contribution in [2.75, 3.05) is 60.9 Å². The molecule has 0 aromatic rings. The molecule has 0 saturated carbocycles. The summed E-state index contributed by atoms with van der Waals surface area (Å²) < 4.78 is 32.2. The van der Waals surface area contributed by atoms with Gasteiger partial charge in [-0.15, -0.1) is 0 Å². The van der Waals surface area contributed by atoms with Gasteiger partial charge >= 0.3 is 0 Å². The molecule has 5 heterocycles. The number of hydrogen-bond acceptors (Lipinski definition) is 10. The SMILES string of the molecule is CC[Si](CC)(CC)O[C@H]([C@@H]1CSC[C@@H]([C@@H](O)[C@@H]2CSCCC23OCCO3)C1=O)[C@@H]1CSCCC12OCCO2. The largest absolute Gasteiger partial charge is 0.413 e. The van der Waals surface area contributed by atoms with Crippen molar-refractivity contribution in [2.24, 2.45) is 23.7 Å². The van der Waals surface area contributed by atoms with E-state index in [-0.39, 0.29) is 29.6 Å². The molecule has 0 aromatic carbocycles. The van der Waals surface area contributed by atoms with Gasteiger partial charge in [0.2, 0.25) is 0 Å². The monoisotopic (exact) mass is 606 g/mol.